The second kappa shape index (κ2) is 5.47. The number of rotatable bonds is 0. The molecule has 0 aromatic heterocycles. The van der Waals surface area contributed by atoms with Gasteiger partial charge in [0.25, 0.3) is 0 Å². The third kappa shape index (κ3) is 3.64. The van der Waals surface area contributed by atoms with Gasteiger partial charge in [-0.2, -0.15) is 4.99 Å². The minimum Gasteiger partial charge on any atom is -0.370 e. The van der Waals surface area contributed by atoms with Gasteiger partial charge < -0.3 is 16.4 Å². The largest absolute Gasteiger partial charge is 0.370 e. The van der Waals surface area contributed by atoms with Crippen molar-refractivity contribution in [1.82, 2.24) is 4.90 Å². The number of nitrogens with two attached hydrogens (primary N) is 2. The van der Waals surface area contributed by atoms with E-state index in [-0.39, 0.29) is 11.9 Å². The summed E-state index contributed by atoms with van der Waals surface area (Å²) in [7, 11) is 0. The molecule has 1 aliphatic rings. The van der Waals surface area contributed by atoms with Gasteiger partial charge in [-0.05, 0) is 12.8 Å². The van der Waals surface area contributed by atoms with Crippen LogP contribution in [0.1, 0.15) is 32.1 Å². The fourth-order valence-electron chi connectivity index (χ4n) is 1.65. The molecule has 0 saturated carbocycles. The molecule has 0 aromatic rings. The number of nitrogens with zero attached hydrogens (tertiary/aromatic N) is 2. The number of guanidine groups is 2. The predicted molar refractivity (Wildman–Crippen MR) is 58.2 cm³/mol. The summed E-state index contributed by atoms with van der Waals surface area (Å²) in [5, 5.41) is 7.66. The van der Waals surface area contributed by atoms with E-state index in [4.69, 9.17) is 16.9 Å². The van der Waals surface area contributed by atoms with Gasteiger partial charge in [0, 0.05) is 13.1 Å². The molecule has 14 heavy (non-hydrogen) atoms. The molecule has 1 saturated heterocycles. The van der Waals surface area contributed by atoms with Gasteiger partial charge in [-0.15, -0.1) is 0 Å². The van der Waals surface area contributed by atoms with Crippen molar-refractivity contribution in [3.05, 3.63) is 0 Å². The maximum absolute atomic E-state index is 7.66. The molecule has 0 unspecified atom stereocenters. The highest BCUT2D eigenvalue weighted by Gasteiger charge is 2.10. The molecule has 0 spiro atoms. The van der Waals surface area contributed by atoms with E-state index in [1.807, 2.05) is 4.90 Å². The first-order valence-corrected chi connectivity index (χ1v) is 5.13. The lowest BCUT2D eigenvalue weighted by atomic mass is 10.1. The Balaban J connectivity index is 2.47. The molecule has 0 aliphatic carbocycles. The number of nitrogens with one attached hydrogen (secondary N) is 1. The highest BCUT2D eigenvalue weighted by atomic mass is 15.3. The van der Waals surface area contributed by atoms with Gasteiger partial charge in [0.05, 0.1) is 0 Å². The highest BCUT2D eigenvalue weighted by molar-refractivity contribution is 5.91. The van der Waals surface area contributed by atoms with E-state index in [0.717, 1.165) is 25.9 Å². The lowest BCUT2D eigenvalue weighted by Crippen LogP contribution is -2.35. The zero-order chi connectivity index (χ0) is 10.4. The van der Waals surface area contributed by atoms with E-state index in [1.165, 1.54) is 19.3 Å². The Bertz CT molecular complexity index is 211. The van der Waals surface area contributed by atoms with Crippen molar-refractivity contribution in [1.29, 1.82) is 5.41 Å². The van der Waals surface area contributed by atoms with E-state index in [9.17, 15) is 0 Å². The molecule has 1 rings (SSSR count). The molecule has 0 radical (unpaired) electrons. The summed E-state index contributed by atoms with van der Waals surface area (Å²) in [5.41, 5.74) is 10.5. The van der Waals surface area contributed by atoms with E-state index in [2.05, 4.69) is 4.99 Å². The van der Waals surface area contributed by atoms with Gasteiger partial charge in [0.1, 0.15) is 0 Å². The van der Waals surface area contributed by atoms with E-state index < -0.39 is 0 Å². The first-order chi connectivity index (χ1) is 6.70. The molecule has 1 aliphatic heterocycles. The average molecular weight is 197 g/mol. The molecule has 0 atom stereocenters. The fourth-order valence-corrected chi connectivity index (χ4v) is 1.65. The first-order valence-electron chi connectivity index (χ1n) is 5.13. The van der Waals surface area contributed by atoms with E-state index >= 15 is 0 Å². The third-order valence-corrected chi connectivity index (χ3v) is 2.39. The average Bonchev–Trinajstić information content (AvgIpc) is 2.00. The summed E-state index contributed by atoms with van der Waals surface area (Å²) in [6, 6.07) is 0. The lowest BCUT2D eigenvalue weighted by molar-refractivity contribution is 0.357. The molecule has 0 bridgehead atoms. The van der Waals surface area contributed by atoms with E-state index in [0.29, 0.717) is 0 Å². The normalized spacial score (nSPS) is 18.1. The number of hydrogen-bond donors (Lipinski definition) is 3. The van der Waals surface area contributed by atoms with Crippen LogP contribution in [0.2, 0.25) is 0 Å². The van der Waals surface area contributed by atoms with Crippen LogP contribution in [0.25, 0.3) is 0 Å². The van der Waals surface area contributed by atoms with Crippen LogP contribution in [0.5, 0.6) is 0 Å². The molecule has 5 heteroatoms. The monoisotopic (exact) mass is 197 g/mol. The van der Waals surface area contributed by atoms with Crippen LogP contribution in [0.4, 0.5) is 0 Å². The van der Waals surface area contributed by atoms with Gasteiger partial charge in [-0.1, -0.05) is 19.3 Å². The Labute approximate surface area is 84.7 Å². The van der Waals surface area contributed by atoms with Crippen LogP contribution in [0.15, 0.2) is 4.99 Å². The minimum atomic E-state index is -0.0305. The third-order valence-electron chi connectivity index (χ3n) is 2.39. The Morgan fingerprint density at radius 3 is 2.00 bits per heavy atom. The van der Waals surface area contributed by atoms with Crippen LogP contribution >= 0.6 is 0 Å². The summed E-state index contributed by atoms with van der Waals surface area (Å²) >= 11 is 0. The number of hydrogen-bond acceptors (Lipinski definition) is 1. The second-order valence-corrected chi connectivity index (χ2v) is 3.62. The van der Waals surface area contributed by atoms with Crippen molar-refractivity contribution in [3.63, 3.8) is 0 Å². The van der Waals surface area contributed by atoms with Crippen molar-refractivity contribution >= 4 is 11.9 Å². The summed E-state index contributed by atoms with van der Waals surface area (Å²) in [6.07, 6.45) is 6.05. The van der Waals surface area contributed by atoms with Gasteiger partial charge in [-0.25, -0.2) is 0 Å². The van der Waals surface area contributed by atoms with Gasteiger partial charge in [0.2, 0.25) is 5.96 Å². The molecule has 5 nitrogen and oxygen atoms in total. The van der Waals surface area contributed by atoms with Gasteiger partial charge in [0.15, 0.2) is 5.96 Å². The maximum Gasteiger partial charge on any atom is 0.221 e. The topological polar surface area (TPSA) is 91.5 Å². The molecule has 0 aromatic carbocycles. The predicted octanol–water partition coefficient (Wildman–Crippen LogP) is 0.461. The van der Waals surface area contributed by atoms with Gasteiger partial charge in [-0.3, -0.25) is 5.41 Å². The molecule has 0 amide bonds. The van der Waals surface area contributed by atoms with Crippen molar-refractivity contribution < 1.29 is 0 Å². The molecule has 80 valence electrons. The van der Waals surface area contributed by atoms with Crippen LogP contribution in [-0.4, -0.2) is 29.9 Å². The Kier molecular flexibility index (Phi) is 4.22. The molecule has 5 N–H and O–H groups in total. The molecular formula is C9H19N5. The maximum atomic E-state index is 7.66. The Morgan fingerprint density at radius 1 is 1.00 bits per heavy atom. The molecule has 1 heterocycles. The van der Waals surface area contributed by atoms with Crippen LogP contribution in [0.3, 0.4) is 0 Å². The van der Waals surface area contributed by atoms with Crippen LogP contribution in [-0.2, 0) is 0 Å². The summed E-state index contributed by atoms with van der Waals surface area (Å²) < 4.78 is 0. The minimum absolute atomic E-state index is 0.0305. The quantitative estimate of drug-likeness (QED) is 0.389. The van der Waals surface area contributed by atoms with Crippen molar-refractivity contribution in [3.8, 4) is 0 Å². The van der Waals surface area contributed by atoms with E-state index in [1.54, 1.807) is 0 Å². The number of aliphatic imine (C=N–C) groups is 1. The summed E-state index contributed by atoms with van der Waals surface area (Å²) in [6.45, 7) is 1.80. The van der Waals surface area contributed by atoms with Crippen molar-refractivity contribution in [2.45, 2.75) is 32.1 Å². The summed E-state index contributed by atoms with van der Waals surface area (Å²) in [5.74, 6) is 0.170. The fraction of sp³-hybridized carbons (Fsp3) is 0.778. The molecule has 1 fully saturated rings. The second-order valence-electron chi connectivity index (χ2n) is 3.62. The Hall–Kier alpha value is -1.26. The summed E-state index contributed by atoms with van der Waals surface area (Å²) in [4.78, 5) is 5.70. The standard InChI is InChI=1S/C9H19N5/c10-8(11)13-9(12)14-6-4-2-1-3-5-7-14/h1-7H2,(H5,10,11,12,13). The van der Waals surface area contributed by atoms with Crippen LogP contribution < -0.4 is 11.5 Å². The SMILES string of the molecule is N=C(N=C(N)N)N1CCCCCCC1. The lowest BCUT2D eigenvalue weighted by Gasteiger charge is -2.24. The van der Waals surface area contributed by atoms with Crippen LogP contribution in [0, 0.1) is 5.41 Å². The highest BCUT2D eigenvalue weighted by Crippen LogP contribution is 2.10. The van der Waals surface area contributed by atoms with Crippen molar-refractivity contribution in [2.75, 3.05) is 13.1 Å². The first kappa shape index (κ1) is 10.8. The van der Waals surface area contributed by atoms with Crippen molar-refractivity contribution in [2.24, 2.45) is 16.5 Å². The smallest absolute Gasteiger partial charge is 0.221 e. The molecular weight excluding hydrogens is 178 g/mol. The Morgan fingerprint density at radius 2 is 1.50 bits per heavy atom. The number of likely N-dealkylation sites (tertiary alicyclic amines) is 1. The zero-order valence-corrected chi connectivity index (χ0v) is 8.50. The van der Waals surface area contributed by atoms with Gasteiger partial charge >= 0.3 is 0 Å². The zero-order valence-electron chi connectivity index (χ0n) is 8.50.